The second kappa shape index (κ2) is 9.51. The summed E-state index contributed by atoms with van der Waals surface area (Å²) < 4.78 is 6.11. The summed E-state index contributed by atoms with van der Waals surface area (Å²) in [7, 11) is 0. The van der Waals surface area contributed by atoms with Gasteiger partial charge >= 0.3 is 0 Å². The average Bonchev–Trinajstić information content (AvgIpc) is 2.90. The number of allylic oxidation sites excluding steroid dienone is 2. The Morgan fingerprint density at radius 2 is 1.65 bits per heavy atom. The van der Waals surface area contributed by atoms with Crippen LogP contribution in [-0.4, -0.2) is 21.6 Å². The minimum atomic E-state index is 0.370. The summed E-state index contributed by atoms with van der Waals surface area (Å²) in [4.78, 5) is 14.1. The zero-order valence-corrected chi connectivity index (χ0v) is 18.7. The van der Waals surface area contributed by atoms with Gasteiger partial charge in [-0.25, -0.2) is 4.98 Å². The fourth-order valence-corrected chi connectivity index (χ4v) is 3.84. The maximum absolute atomic E-state index is 6.11. The monoisotopic (exact) mass is 441 g/mol. The molecule has 4 heteroatoms. The van der Waals surface area contributed by atoms with E-state index in [1.165, 1.54) is 0 Å². The molecule has 0 spiro atoms. The van der Waals surface area contributed by atoms with Gasteiger partial charge in [0.2, 0.25) is 0 Å². The first-order valence-corrected chi connectivity index (χ1v) is 11.0. The van der Waals surface area contributed by atoms with Crippen molar-refractivity contribution in [2.24, 2.45) is 0 Å². The molecule has 5 aromatic rings. The van der Waals surface area contributed by atoms with E-state index in [2.05, 4.69) is 53.5 Å². The molecule has 0 atom stereocenters. The number of hydrogen-bond acceptors (Lipinski definition) is 4. The van der Waals surface area contributed by atoms with Crippen LogP contribution < -0.4 is 4.74 Å². The Morgan fingerprint density at radius 3 is 2.47 bits per heavy atom. The topological polar surface area (TPSA) is 47.9 Å². The van der Waals surface area contributed by atoms with Gasteiger partial charge in [0.05, 0.1) is 22.4 Å². The van der Waals surface area contributed by atoms with E-state index in [9.17, 15) is 0 Å². The largest absolute Gasteiger partial charge is 0.488 e. The van der Waals surface area contributed by atoms with Gasteiger partial charge in [0.1, 0.15) is 12.4 Å². The van der Waals surface area contributed by atoms with Crippen molar-refractivity contribution < 1.29 is 4.74 Å². The van der Waals surface area contributed by atoms with Crippen molar-refractivity contribution in [1.29, 1.82) is 0 Å². The van der Waals surface area contributed by atoms with Gasteiger partial charge in [0.15, 0.2) is 0 Å². The summed E-state index contributed by atoms with van der Waals surface area (Å²) in [6.45, 7) is 8.10. The third kappa shape index (κ3) is 4.34. The van der Waals surface area contributed by atoms with E-state index < -0.39 is 0 Å². The second-order valence-electron chi connectivity index (χ2n) is 7.88. The predicted molar refractivity (Wildman–Crippen MR) is 140 cm³/mol. The van der Waals surface area contributed by atoms with Crippen molar-refractivity contribution in [2.75, 3.05) is 6.61 Å². The molecule has 3 aromatic heterocycles. The van der Waals surface area contributed by atoms with Crippen LogP contribution >= 0.6 is 0 Å². The molecule has 0 fully saturated rings. The Morgan fingerprint density at radius 1 is 0.824 bits per heavy atom. The Kier molecular flexibility index (Phi) is 5.95. The van der Waals surface area contributed by atoms with Gasteiger partial charge in [-0.05, 0) is 48.0 Å². The Bertz CT molecular complexity index is 1540. The molecule has 0 aliphatic heterocycles. The number of ether oxygens (including phenoxy) is 1. The van der Waals surface area contributed by atoms with Crippen molar-refractivity contribution in [3.63, 3.8) is 0 Å². The molecule has 2 aromatic carbocycles. The summed E-state index contributed by atoms with van der Waals surface area (Å²) in [5.74, 6) is 0.739. The summed E-state index contributed by atoms with van der Waals surface area (Å²) in [6, 6.07) is 24.2. The van der Waals surface area contributed by atoms with Crippen molar-refractivity contribution in [2.45, 2.75) is 0 Å². The van der Waals surface area contributed by atoms with Crippen molar-refractivity contribution in [3.05, 3.63) is 122 Å². The fourth-order valence-electron chi connectivity index (χ4n) is 3.84. The molecule has 0 radical (unpaired) electrons. The van der Waals surface area contributed by atoms with Gasteiger partial charge in [-0.2, -0.15) is 0 Å². The third-order valence-corrected chi connectivity index (χ3v) is 5.53. The lowest BCUT2D eigenvalue weighted by atomic mass is 10.0. The van der Waals surface area contributed by atoms with E-state index >= 15 is 0 Å². The highest BCUT2D eigenvalue weighted by molar-refractivity contribution is 6.03. The Hall–Kier alpha value is -4.57. The van der Waals surface area contributed by atoms with Crippen molar-refractivity contribution in [3.8, 4) is 28.3 Å². The molecule has 4 nitrogen and oxygen atoms in total. The van der Waals surface area contributed by atoms with Crippen LogP contribution in [0.5, 0.6) is 5.75 Å². The zero-order valence-electron chi connectivity index (χ0n) is 18.7. The molecule has 0 saturated heterocycles. The van der Waals surface area contributed by atoms with Gasteiger partial charge in [0.25, 0.3) is 0 Å². The molecular weight excluding hydrogens is 418 g/mol. The maximum Gasteiger partial charge on any atom is 0.129 e. The van der Waals surface area contributed by atoms with Crippen LogP contribution in [-0.2, 0) is 0 Å². The van der Waals surface area contributed by atoms with Gasteiger partial charge in [-0.1, -0.05) is 61.7 Å². The first-order valence-electron chi connectivity index (χ1n) is 11.0. The lowest BCUT2D eigenvalue weighted by Crippen LogP contribution is -2.01. The van der Waals surface area contributed by atoms with E-state index in [1.807, 2.05) is 54.6 Å². The highest BCUT2D eigenvalue weighted by atomic mass is 16.5. The van der Waals surface area contributed by atoms with Crippen molar-refractivity contribution in [1.82, 2.24) is 15.0 Å². The van der Waals surface area contributed by atoms with Crippen molar-refractivity contribution >= 4 is 21.8 Å². The van der Waals surface area contributed by atoms with Crippen LogP contribution in [0.25, 0.3) is 44.3 Å². The molecule has 5 rings (SSSR count). The summed E-state index contributed by atoms with van der Waals surface area (Å²) in [5, 5.41) is 2.13. The summed E-state index contributed by atoms with van der Waals surface area (Å²) in [6.07, 6.45) is 9.04. The number of nitrogens with zero attached hydrogens (tertiary/aromatic N) is 3. The van der Waals surface area contributed by atoms with E-state index in [-0.39, 0.29) is 0 Å². The summed E-state index contributed by atoms with van der Waals surface area (Å²) in [5.41, 5.74) is 6.22. The van der Waals surface area contributed by atoms with Gasteiger partial charge in [0, 0.05) is 34.3 Å². The molecular formula is C30H23N3O. The second-order valence-corrected chi connectivity index (χ2v) is 7.88. The van der Waals surface area contributed by atoms with Crippen LogP contribution in [0.3, 0.4) is 0 Å². The molecule has 0 saturated carbocycles. The van der Waals surface area contributed by atoms with Crippen LogP contribution in [0.4, 0.5) is 0 Å². The first kappa shape index (κ1) is 21.3. The summed E-state index contributed by atoms with van der Waals surface area (Å²) >= 11 is 0. The van der Waals surface area contributed by atoms with Crippen LogP contribution in [0.15, 0.2) is 122 Å². The van der Waals surface area contributed by atoms with Gasteiger partial charge in [-0.15, -0.1) is 0 Å². The molecule has 34 heavy (non-hydrogen) atoms. The van der Waals surface area contributed by atoms with E-state index in [0.717, 1.165) is 55.6 Å². The van der Waals surface area contributed by atoms with Gasteiger partial charge < -0.3 is 4.74 Å². The SMILES string of the molecule is C=C/C=C\C(=C)COc1ccc(-c2ccc3ccc4cccnc4c3n2)cc1-c1ccccn1. The molecule has 0 aliphatic rings. The molecule has 164 valence electrons. The highest BCUT2D eigenvalue weighted by Crippen LogP contribution is 2.34. The van der Waals surface area contributed by atoms with Gasteiger partial charge in [-0.3, -0.25) is 9.97 Å². The van der Waals surface area contributed by atoms with Crippen LogP contribution in [0.2, 0.25) is 0 Å². The molecule has 0 N–H and O–H groups in total. The smallest absolute Gasteiger partial charge is 0.129 e. The molecule has 0 bridgehead atoms. The standard InChI is InChI=1S/C30H23N3O/c1-3-4-8-21(2)20-34-28-16-14-24(19-25(28)27-10-5-6-17-31-27)26-15-13-23-12-11-22-9-7-18-32-29(22)30(23)33-26/h3-19H,1-2,20H2/b8-4-. The number of hydrogen-bond donors (Lipinski definition) is 0. The van der Waals surface area contributed by atoms with E-state index in [0.29, 0.717) is 6.61 Å². The number of fused-ring (bicyclic) bond motifs is 3. The molecule has 0 aliphatic carbocycles. The normalized spacial score (nSPS) is 11.2. The number of pyridine rings is 3. The zero-order chi connectivity index (χ0) is 23.3. The van der Waals surface area contributed by atoms with Crippen LogP contribution in [0.1, 0.15) is 0 Å². The fraction of sp³-hybridized carbons (Fsp3) is 0.0333. The highest BCUT2D eigenvalue weighted by Gasteiger charge is 2.12. The Labute approximate surface area is 198 Å². The van der Waals surface area contributed by atoms with E-state index in [1.54, 1.807) is 18.5 Å². The first-order chi connectivity index (χ1) is 16.7. The number of rotatable bonds is 7. The third-order valence-electron chi connectivity index (χ3n) is 5.53. The lowest BCUT2D eigenvalue weighted by molar-refractivity contribution is 0.357. The number of benzene rings is 2. The predicted octanol–water partition coefficient (Wildman–Crippen LogP) is 7.19. The lowest BCUT2D eigenvalue weighted by Gasteiger charge is -2.14. The minimum absolute atomic E-state index is 0.370. The molecule has 0 amide bonds. The average molecular weight is 442 g/mol. The van der Waals surface area contributed by atoms with Crippen LogP contribution in [0, 0.1) is 0 Å². The molecule has 0 unspecified atom stereocenters. The maximum atomic E-state index is 6.11. The molecule has 3 heterocycles. The minimum Gasteiger partial charge on any atom is -0.488 e. The Balaban J connectivity index is 1.58. The quantitative estimate of drug-likeness (QED) is 0.198. The van der Waals surface area contributed by atoms with E-state index in [4.69, 9.17) is 9.72 Å². The number of aromatic nitrogens is 3.